The molecule has 0 spiro atoms. The summed E-state index contributed by atoms with van der Waals surface area (Å²) in [6.07, 6.45) is 0.495. The highest BCUT2D eigenvalue weighted by Crippen LogP contribution is 2.33. The Bertz CT molecular complexity index is 342. The predicted molar refractivity (Wildman–Crippen MR) is 61.0 cm³/mol. The van der Waals surface area contributed by atoms with Crippen LogP contribution in [0, 0.1) is 5.92 Å². The number of para-hydroxylation sites is 1. The highest BCUT2D eigenvalue weighted by atomic mass is 16.3. The number of carbonyl (C=O) groups is 1. The molecule has 0 aromatic heterocycles. The summed E-state index contributed by atoms with van der Waals surface area (Å²) < 4.78 is 0. The molecule has 0 aliphatic heterocycles. The molecule has 1 aromatic rings. The Hall–Kier alpha value is -1.31. The molecule has 15 heavy (non-hydrogen) atoms. The van der Waals surface area contributed by atoms with E-state index in [1.165, 1.54) is 0 Å². The molecule has 1 aromatic carbocycles. The maximum absolute atomic E-state index is 11.2. The normalized spacial score (nSPS) is 12.8. The fourth-order valence-electron chi connectivity index (χ4n) is 1.82. The number of Topliss-reactive ketones (excluding diaryl/α,β-unsaturated/α-hetero) is 1. The topological polar surface area (TPSA) is 37.3 Å². The Kier molecular flexibility index (Phi) is 3.89. The van der Waals surface area contributed by atoms with E-state index >= 15 is 0 Å². The van der Waals surface area contributed by atoms with Gasteiger partial charge in [0, 0.05) is 6.42 Å². The van der Waals surface area contributed by atoms with Crippen LogP contribution in [0.15, 0.2) is 24.3 Å². The Labute approximate surface area is 90.9 Å². The average Bonchev–Trinajstić information content (AvgIpc) is 2.15. The minimum absolute atomic E-state index is 0.115. The lowest BCUT2D eigenvalue weighted by Gasteiger charge is -2.20. The lowest BCUT2D eigenvalue weighted by Crippen LogP contribution is -2.10. The number of rotatable bonds is 4. The van der Waals surface area contributed by atoms with Gasteiger partial charge in [0.15, 0.2) is 0 Å². The van der Waals surface area contributed by atoms with Crippen molar-refractivity contribution in [2.75, 3.05) is 0 Å². The SMILES string of the molecule is CC(=O)CC(c1ccccc1O)C(C)C. The van der Waals surface area contributed by atoms with Crippen LogP contribution in [-0.4, -0.2) is 10.9 Å². The molecule has 0 bridgehead atoms. The third-order valence-electron chi connectivity index (χ3n) is 2.65. The maximum Gasteiger partial charge on any atom is 0.130 e. The average molecular weight is 206 g/mol. The summed E-state index contributed by atoms with van der Waals surface area (Å²) in [6.45, 7) is 5.73. The first-order valence-electron chi connectivity index (χ1n) is 5.29. The number of hydrogen-bond donors (Lipinski definition) is 1. The van der Waals surface area contributed by atoms with E-state index in [2.05, 4.69) is 13.8 Å². The van der Waals surface area contributed by atoms with Crippen LogP contribution in [0.4, 0.5) is 0 Å². The van der Waals surface area contributed by atoms with Crippen LogP contribution in [0.25, 0.3) is 0 Å². The first kappa shape index (κ1) is 11.8. The molecule has 0 saturated heterocycles. The minimum atomic E-state index is 0.115. The maximum atomic E-state index is 11.2. The van der Waals surface area contributed by atoms with Crippen LogP contribution in [0.5, 0.6) is 5.75 Å². The third-order valence-corrected chi connectivity index (χ3v) is 2.65. The van der Waals surface area contributed by atoms with Gasteiger partial charge in [-0.3, -0.25) is 0 Å². The Morgan fingerprint density at radius 1 is 1.33 bits per heavy atom. The summed E-state index contributed by atoms with van der Waals surface area (Å²) in [5.41, 5.74) is 0.878. The van der Waals surface area contributed by atoms with Gasteiger partial charge in [-0.2, -0.15) is 0 Å². The molecule has 1 rings (SSSR count). The Morgan fingerprint density at radius 2 is 1.93 bits per heavy atom. The zero-order chi connectivity index (χ0) is 11.4. The zero-order valence-electron chi connectivity index (χ0n) is 9.53. The van der Waals surface area contributed by atoms with Gasteiger partial charge in [-0.1, -0.05) is 32.0 Å². The fraction of sp³-hybridized carbons (Fsp3) is 0.462. The van der Waals surface area contributed by atoms with E-state index in [-0.39, 0.29) is 17.5 Å². The Balaban J connectivity index is 2.99. The number of phenolic OH excluding ortho intramolecular Hbond substituents is 1. The molecule has 1 atom stereocenters. The molecular weight excluding hydrogens is 188 g/mol. The van der Waals surface area contributed by atoms with Crippen molar-refractivity contribution in [3.63, 3.8) is 0 Å². The fourth-order valence-corrected chi connectivity index (χ4v) is 1.82. The van der Waals surface area contributed by atoms with Gasteiger partial charge in [0.2, 0.25) is 0 Å². The summed E-state index contributed by atoms with van der Waals surface area (Å²) in [5.74, 6) is 0.917. The van der Waals surface area contributed by atoms with E-state index in [0.29, 0.717) is 12.3 Å². The molecule has 0 heterocycles. The number of ketones is 1. The molecule has 2 heteroatoms. The van der Waals surface area contributed by atoms with Gasteiger partial charge < -0.3 is 9.90 Å². The molecule has 0 fully saturated rings. The number of benzene rings is 1. The smallest absolute Gasteiger partial charge is 0.130 e. The molecule has 0 radical (unpaired) electrons. The van der Waals surface area contributed by atoms with E-state index in [4.69, 9.17) is 0 Å². The van der Waals surface area contributed by atoms with E-state index in [9.17, 15) is 9.90 Å². The molecule has 0 aliphatic rings. The Morgan fingerprint density at radius 3 is 2.40 bits per heavy atom. The molecule has 2 nitrogen and oxygen atoms in total. The van der Waals surface area contributed by atoms with Gasteiger partial charge >= 0.3 is 0 Å². The first-order chi connectivity index (χ1) is 7.02. The van der Waals surface area contributed by atoms with Gasteiger partial charge in [-0.25, -0.2) is 0 Å². The second kappa shape index (κ2) is 4.96. The predicted octanol–water partition coefficient (Wildman–Crippen LogP) is 3.11. The number of hydrogen-bond acceptors (Lipinski definition) is 2. The van der Waals surface area contributed by atoms with E-state index in [1.54, 1.807) is 19.1 Å². The van der Waals surface area contributed by atoms with Gasteiger partial charge in [-0.15, -0.1) is 0 Å². The minimum Gasteiger partial charge on any atom is -0.508 e. The van der Waals surface area contributed by atoms with Gasteiger partial charge in [0.25, 0.3) is 0 Å². The molecule has 0 amide bonds. The van der Waals surface area contributed by atoms with Crippen molar-refractivity contribution in [2.24, 2.45) is 5.92 Å². The first-order valence-corrected chi connectivity index (χ1v) is 5.29. The monoisotopic (exact) mass is 206 g/mol. The van der Waals surface area contributed by atoms with E-state index in [1.807, 2.05) is 12.1 Å². The van der Waals surface area contributed by atoms with Crippen LogP contribution in [-0.2, 0) is 4.79 Å². The molecule has 1 N–H and O–H groups in total. The van der Waals surface area contributed by atoms with Crippen LogP contribution in [0.1, 0.15) is 38.7 Å². The molecule has 1 unspecified atom stereocenters. The summed E-state index contributed by atoms with van der Waals surface area (Å²) in [6, 6.07) is 7.25. The third kappa shape index (κ3) is 3.08. The lowest BCUT2D eigenvalue weighted by molar-refractivity contribution is -0.117. The quantitative estimate of drug-likeness (QED) is 0.821. The van der Waals surface area contributed by atoms with Crippen LogP contribution >= 0.6 is 0 Å². The van der Waals surface area contributed by atoms with Crippen LogP contribution < -0.4 is 0 Å². The van der Waals surface area contributed by atoms with Crippen molar-refractivity contribution in [1.82, 2.24) is 0 Å². The summed E-state index contributed by atoms with van der Waals surface area (Å²) in [5, 5.41) is 9.73. The van der Waals surface area contributed by atoms with Crippen molar-refractivity contribution in [2.45, 2.75) is 33.1 Å². The number of aromatic hydroxyl groups is 1. The van der Waals surface area contributed by atoms with Gasteiger partial charge in [-0.05, 0) is 30.4 Å². The van der Waals surface area contributed by atoms with Crippen molar-refractivity contribution in [3.05, 3.63) is 29.8 Å². The molecular formula is C13H18O2. The largest absolute Gasteiger partial charge is 0.508 e. The zero-order valence-corrected chi connectivity index (χ0v) is 9.53. The van der Waals surface area contributed by atoms with Crippen molar-refractivity contribution in [3.8, 4) is 5.75 Å². The molecule has 82 valence electrons. The van der Waals surface area contributed by atoms with Crippen molar-refractivity contribution < 1.29 is 9.90 Å². The standard InChI is InChI=1S/C13H18O2/c1-9(2)12(8-10(3)14)11-6-4-5-7-13(11)15/h4-7,9,12,15H,8H2,1-3H3. The number of phenols is 1. The van der Waals surface area contributed by atoms with E-state index in [0.717, 1.165) is 5.56 Å². The number of carbonyl (C=O) groups excluding carboxylic acids is 1. The second-order valence-corrected chi connectivity index (χ2v) is 4.32. The van der Waals surface area contributed by atoms with Crippen LogP contribution in [0.3, 0.4) is 0 Å². The van der Waals surface area contributed by atoms with Gasteiger partial charge in [0.1, 0.15) is 11.5 Å². The lowest BCUT2D eigenvalue weighted by atomic mass is 9.84. The van der Waals surface area contributed by atoms with E-state index < -0.39 is 0 Å². The van der Waals surface area contributed by atoms with Crippen molar-refractivity contribution >= 4 is 5.78 Å². The summed E-state index contributed by atoms with van der Waals surface area (Å²) in [7, 11) is 0. The second-order valence-electron chi connectivity index (χ2n) is 4.32. The molecule has 0 saturated carbocycles. The van der Waals surface area contributed by atoms with Gasteiger partial charge in [0.05, 0.1) is 0 Å². The molecule has 0 aliphatic carbocycles. The van der Waals surface area contributed by atoms with Crippen molar-refractivity contribution in [1.29, 1.82) is 0 Å². The summed E-state index contributed by atoms with van der Waals surface area (Å²) >= 11 is 0. The summed E-state index contributed by atoms with van der Waals surface area (Å²) in [4.78, 5) is 11.2. The highest BCUT2D eigenvalue weighted by Gasteiger charge is 2.20. The highest BCUT2D eigenvalue weighted by molar-refractivity contribution is 5.76. The van der Waals surface area contributed by atoms with Crippen LogP contribution in [0.2, 0.25) is 0 Å².